The summed E-state index contributed by atoms with van der Waals surface area (Å²) in [4.78, 5) is 44.8. The molecule has 9 nitrogen and oxygen atoms in total. The molecule has 23 heavy (non-hydrogen) atoms. The van der Waals surface area contributed by atoms with Crippen LogP contribution < -0.4 is 11.1 Å². The number of primary amides is 1. The van der Waals surface area contributed by atoms with E-state index in [1.165, 1.54) is 0 Å². The molecule has 9 heteroatoms. The molecule has 0 unspecified atom stereocenters. The molecular formula is C14H16N2O7. The molecule has 5 N–H and O–H groups in total. The van der Waals surface area contributed by atoms with E-state index in [1.807, 2.05) is 5.32 Å². The van der Waals surface area contributed by atoms with Crippen LogP contribution >= 0.6 is 0 Å². The first-order valence-electron chi connectivity index (χ1n) is 6.52. The Morgan fingerprint density at radius 2 is 1.74 bits per heavy atom. The Kier molecular flexibility index (Phi) is 6.53. The average molecular weight is 324 g/mol. The third-order valence-corrected chi connectivity index (χ3v) is 2.91. The number of rotatable bonds is 8. The number of carboxylic acids is 2. The molecular weight excluding hydrogens is 308 g/mol. The summed E-state index contributed by atoms with van der Waals surface area (Å²) in [6, 6.07) is 6.82. The van der Waals surface area contributed by atoms with Crippen LogP contribution in [0.15, 0.2) is 30.3 Å². The minimum absolute atomic E-state index is 0.112. The van der Waals surface area contributed by atoms with Crippen LogP contribution in [0.2, 0.25) is 0 Å². The number of hydrogen-bond donors (Lipinski definition) is 4. The van der Waals surface area contributed by atoms with E-state index in [1.54, 1.807) is 30.3 Å². The van der Waals surface area contributed by atoms with Crippen molar-refractivity contribution in [1.29, 1.82) is 0 Å². The topological polar surface area (TPSA) is 156 Å². The van der Waals surface area contributed by atoms with Gasteiger partial charge < -0.3 is 26.0 Å². The summed E-state index contributed by atoms with van der Waals surface area (Å²) in [7, 11) is 0. The van der Waals surface area contributed by atoms with Gasteiger partial charge in [0, 0.05) is 0 Å². The lowest BCUT2D eigenvalue weighted by molar-refractivity contribution is -0.146. The molecule has 0 radical (unpaired) electrons. The molecule has 0 bridgehead atoms. The first kappa shape index (κ1) is 18.0. The highest BCUT2D eigenvalue weighted by molar-refractivity contribution is 5.90. The Morgan fingerprint density at radius 1 is 1.13 bits per heavy atom. The summed E-state index contributed by atoms with van der Waals surface area (Å²) in [5.74, 6) is -5.76. The van der Waals surface area contributed by atoms with Gasteiger partial charge in [0.15, 0.2) is 0 Å². The van der Waals surface area contributed by atoms with Gasteiger partial charge >= 0.3 is 18.0 Å². The van der Waals surface area contributed by atoms with Gasteiger partial charge in [-0.1, -0.05) is 30.3 Å². The first-order valence-corrected chi connectivity index (χ1v) is 6.52. The first-order chi connectivity index (χ1) is 10.8. The van der Waals surface area contributed by atoms with Crippen molar-refractivity contribution in [2.75, 3.05) is 0 Å². The minimum atomic E-state index is -1.80. The van der Waals surface area contributed by atoms with Crippen LogP contribution in [0.5, 0.6) is 0 Å². The number of hydrogen-bond acceptors (Lipinski definition) is 5. The molecule has 1 aromatic rings. The Bertz CT molecular complexity index is 588. The quantitative estimate of drug-likeness (QED) is 0.522. The summed E-state index contributed by atoms with van der Waals surface area (Å²) < 4.78 is 4.83. The van der Waals surface area contributed by atoms with E-state index in [2.05, 4.69) is 0 Å². The maximum atomic E-state index is 11.6. The molecule has 0 aliphatic carbocycles. The molecule has 0 saturated heterocycles. The predicted molar refractivity (Wildman–Crippen MR) is 76.1 cm³/mol. The molecule has 124 valence electrons. The van der Waals surface area contributed by atoms with Gasteiger partial charge in [-0.05, 0) is 5.56 Å². The third-order valence-electron chi connectivity index (χ3n) is 2.91. The van der Waals surface area contributed by atoms with Gasteiger partial charge in [0.25, 0.3) is 0 Å². The van der Waals surface area contributed by atoms with Crippen molar-refractivity contribution in [2.45, 2.75) is 19.1 Å². The van der Waals surface area contributed by atoms with Crippen LogP contribution in [0.25, 0.3) is 0 Å². The lowest BCUT2D eigenvalue weighted by Gasteiger charge is -2.20. The minimum Gasteiger partial charge on any atom is -0.481 e. The average Bonchev–Trinajstić information content (AvgIpc) is 2.49. The highest BCUT2D eigenvalue weighted by atomic mass is 16.5. The molecule has 0 fully saturated rings. The van der Waals surface area contributed by atoms with Gasteiger partial charge in [-0.2, -0.15) is 0 Å². The van der Waals surface area contributed by atoms with E-state index in [0.29, 0.717) is 5.56 Å². The lowest BCUT2D eigenvalue weighted by atomic mass is 9.95. The predicted octanol–water partition coefficient (Wildman–Crippen LogP) is -0.0578. The zero-order valence-electron chi connectivity index (χ0n) is 12.0. The van der Waals surface area contributed by atoms with Gasteiger partial charge in [0.2, 0.25) is 5.91 Å². The number of benzene rings is 1. The van der Waals surface area contributed by atoms with Crippen molar-refractivity contribution in [2.24, 2.45) is 11.7 Å². The molecule has 2 amide bonds. The number of nitrogens with one attached hydrogen (secondary N) is 1. The van der Waals surface area contributed by atoms with E-state index >= 15 is 0 Å². The number of carbonyl (C=O) groups excluding carboxylic acids is 2. The standard InChI is InChI=1S/C14H16N2O7/c15-12(19)9(6-10(17)18)11(13(20)21)16-14(22)23-7-8-4-2-1-3-5-8/h1-5,9,11H,6-7H2,(H2,15,19)(H,16,22)(H,17,18)(H,20,21)/t9-,11+/m1/s1. The number of alkyl carbamates (subject to hydrolysis) is 1. The van der Waals surface area contributed by atoms with E-state index in [0.717, 1.165) is 0 Å². The maximum absolute atomic E-state index is 11.6. The fourth-order valence-electron chi connectivity index (χ4n) is 1.80. The van der Waals surface area contributed by atoms with Crippen molar-refractivity contribution < 1.29 is 34.1 Å². The van der Waals surface area contributed by atoms with Crippen molar-refractivity contribution in [1.82, 2.24) is 5.32 Å². The van der Waals surface area contributed by atoms with Gasteiger partial charge in [0.05, 0.1) is 12.3 Å². The molecule has 2 atom stereocenters. The molecule has 1 aromatic carbocycles. The van der Waals surface area contributed by atoms with Crippen molar-refractivity contribution in [3.8, 4) is 0 Å². The number of carbonyl (C=O) groups is 4. The Balaban J connectivity index is 2.70. The molecule has 0 saturated carbocycles. The molecule has 1 rings (SSSR count). The van der Waals surface area contributed by atoms with Gasteiger partial charge in [0.1, 0.15) is 12.6 Å². The van der Waals surface area contributed by atoms with Gasteiger partial charge in [-0.15, -0.1) is 0 Å². The van der Waals surface area contributed by atoms with Crippen LogP contribution in [0, 0.1) is 5.92 Å². The van der Waals surface area contributed by atoms with E-state index in [-0.39, 0.29) is 6.61 Å². The third kappa shape index (κ3) is 6.04. The summed E-state index contributed by atoms with van der Waals surface area (Å²) in [6.07, 6.45) is -1.93. The summed E-state index contributed by atoms with van der Waals surface area (Å²) in [5, 5.41) is 19.7. The lowest BCUT2D eigenvalue weighted by Crippen LogP contribution is -2.50. The Hall–Kier alpha value is -3.10. The number of carboxylic acid groups (broad SMARTS) is 2. The van der Waals surface area contributed by atoms with E-state index in [9.17, 15) is 19.2 Å². The van der Waals surface area contributed by atoms with Crippen molar-refractivity contribution in [3.05, 3.63) is 35.9 Å². The van der Waals surface area contributed by atoms with Crippen molar-refractivity contribution >= 4 is 23.9 Å². The molecule has 0 aliphatic rings. The second kappa shape index (κ2) is 8.37. The number of aliphatic carboxylic acids is 2. The van der Waals surface area contributed by atoms with Crippen LogP contribution in [-0.2, 0) is 25.7 Å². The fraction of sp³-hybridized carbons (Fsp3) is 0.286. The smallest absolute Gasteiger partial charge is 0.408 e. The fourth-order valence-corrected chi connectivity index (χ4v) is 1.80. The van der Waals surface area contributed by atoms with E-state index in [4.69, 9.17) is 20.7 Å². The SMILES string of the molecule is NC(=O)[C@H](CC(=O)O)[C@H](NC(=O)OCc1ccccc1)C(=O)O. The monoisotopic (exact) mass is 324 g/mol. The Labute approximate surface area is 131 Å². The normalized spacial score (nSPS) is 12.7. The summed E-state index contributed by atoms with van der Waals surface area (Å²) >= 11 is 0. The highest BCUT2D eigenvalue weighted by Gasteiger charge is 2.35. The molecule has 0 aromatic heterocycles. The van der Waals surface area contributed by atoms with Gasteiger partial charge in [-0.25, -0.2) is 9.59 Å². The molecule has 0 heterocycles. The van der Waals surface area contributed by atoms with Gasteiger partial charge in [-0.3, -0.25) is 9.59 Å². The number of amides is 2. The zero-order chi connectivity index (χ0) is 17.4. The zero-order valence-corrected chi connectivity index (χ0v) is 12.0. The number of nitrogens with two attached hydrogens (primary N) is 1. The largest absolute Gasteiger partial charge is 0.481 e. The van der Waals surface area contributed by atoms with E-state index < -0.39 is 42.3 Å². The maximum Gasteiger partial charge on any atom is 0.408 e. The summed E-state index contributed by atoms with van der Waals surface area (Å²) in [6.45, 7) is -0.112. The van der Waals surface area contributed by atoms with Crippen molar-refractivity contribution in [3.63, 3.8) is 0 Å². The molecule has 0 spiro atoms. The van der Waals surface area contributed by atoms with Crippen LogP contribution in [0.3, 0.4) is 0 Å². The Morgan fingerprint density at radius 3 is 2.22 bits per heavy atom. The van der Waals surface area contributed by atoms with Crippen LogP contribution in [0.4, 0.5) is 4.79 Å². The molecule has 0 aliphatic heterocycles. The second-order valence-electron chi connectivity index (χ2n) is 4.63. The number of ether oxygens (including phenoxy) is 1. The second-order valence-corrected chi connectivity index (χ2v) is 4.63. The van der Waals surface area contributed by atoms with Crippen LogP contribution in [0.1, 0.15) is 12.0 Å². The summed E-state index contributed by atoms with van der Waals surface area (Å²) in [5.41, 5.74) is 5.68. The highest BCUT2D eigenvalue weighted by Crippen LogP contribution is 2.10. The van der Waals surface area contributed by atoms with Crippen LogP contribution in [-0.4, -0.2) is 40.2 Å².